The fourth-order valence-corrected chi connectivity index (χ4v) is 2.08. The highest BCUT2D eigenvalue weighted by molar-refractivity contribution is 7.99. The lowest BCUT2D eigenvalue weighted by Crippen LogP contribution is -1.91. The van der Waals surface area contributed by atoms with Gasteiger partial charge in [0.25, 0.3) is 0 Å². The van der Waals surface area contributed by atoms with Crippen molar-refractivity contribution in [1.29, 1.82) is 0 Å². The molecule has 0 radical (unpaired) electrons. The second-order valence-electron chi connectivity index (χ2n) is 3.25. The SMILES string of the molecule is COc1ccnc(Sc2ccccc2C)n1. The zero-order valence-electron chi connectivity index (χ0n) is 9.18. The van der Waals surface area contributed by atoms with Gasteiger partial charge in [-0.25, -0.2) is 4.98 Å². The molecule has 0 aliphatic rings. The van der Waals surface area contributed by atoms with E-state index in [1.54, 1.807) is 31.1 Å². The summed E-state index contributed by atoms with van der Waals surface area (Å²) in [4.78, 5) is 9.62. The summed E-state index contributed by atoms with van der Waals surface area (Å²) in [5.41, 5.74) is 1.22. The van der Waals surface area contributed by atoms with Gasteiger partial charge >= 0.3 is 0 Å². The Balaban J connectivity index is 2.24. The molecule has 0 spiro atoms. The van der Waals surface area contributed by atoms with Crippen molar-refractivity contribution >= 4 is 11.8 Å². The molecule has 0 saturated carbocycles. The average Bonchev–Trinajstić information content (AvgIpc) is 2.32. The third-order valence-corrected chi connectivity index (χ3v) is 3.17. The van der Waals surface area contributed by atoms with Gasteiger partial charge in [0.1, 0.15) is 0 Å². The predicted octanol–water partition coefficient (Wildman–Crippen LogP) is 2.94. The molecular weight excluding hydrogens is 220 g/mol. The van der Waals surface area contributed by atoms with Crippen molar-refractivity contribution in [3.05, 3.63) is 42.1 Å². The molecule has 0 saturated heterocycles. The second kappa shape index (κ2) is 4.99. The van der Waals surface area contributed by atoms with E-state index in [1.165, 1.54) is 5.56 Å². The minimum atomic E-state index is 0.589. The molecule has 0 aliphatic heterocycles. The van der Waals surface area contributed by atoms with Crippen LogP contribution in [0.1, 0.15) is 5.56 Å². The van der Waals surface area contributed by atoms with Crippen LogP contribution in [0.15, 0.2) is 46.6 Å². The van der Waals surface area contributed by atoms with Gasteiger partial charge in [-0.05, 0) is 30.3 Å². The first-order valence-electron chi connectivity index (χ1n) is 4.90. The van der Waals surface area contributed by atoms with Gasteiger partial charge in [0.05, 0.1) is 7.11 Å². The lowest BCUT2D eigenvalue weighted by atomic mass is 10.2. The largest absolute Gasteiger partial charge is 0.481 e. The van der Waals surface area contributed by atoms with Gasteiger partial charge in [-0.1, -0.05) is 18.2 Å². The third-order valence-electron chi connectivity index (χ3n) is 2.11. The highest BCUT2D eigenvalue weighted by Gasteiger charge is 2.03. The minimum Gasteiger partial charge on any atom is -0.481 e. The monoisotopic (exact) mass is 232 g/mol. The van der Waals surface area contributed by atoms with E-state index in [0.717, 1.165) is 4.90 Å². The molecule has 2 rings (SSSR count). The molecule has 82 valence electrons. The molecule has 0 N–H and O–H groups in total. The first-order valence-corrected chi connectivity index (χ1v) is 5.72. The summed E-state index contributed by atoms with van der Waals surface area (Å²) in [5.74, 6) is 0.589. The van der Waals surface area contributed by atoms with Gasteiger partial charge in [-0.2, -0.15) is 4.98 Å². The van der Waals surface area contributed by atoms with Crippen molar-refractivity contribution < 1.29 is 4.74 Å². The third kappa shape index (κ3) is 2.52. The van der Waals surface area contributed by atoms with Crippen molar-refractivity contribution in [2.24, 2.45) is 0 Å². The van der Waals surface area contributed by atoms with Gasteiger partial charge in [0.15, 0.2) is 5.16 Å². The van der Waals surface area contributed by atoms with Crippen LogP contribution in [-0.4, -0.2) is 17.1 Å². The van der Waals surface area contributed by atoms with Crippen LogP contribution in [-0.2, 0) is 0 Å². The van der Waals surface area contributed by atoms with Gasteiger partial charge < -0.3 is 4.74 Å². The van der Waals surface area contributed by atoms with E-state index in [2.05, 4.69) is 29.0 Å². The summed E-state index contributed by atoms with van der Waals surface area (Å²) < 4.78 is 5.06. The molecule has 4 heteroatoms. The molecule has 1 aromatic heterocycles. The van der Waals surface area contributed by atoms with E-state index in [1.807, 2.05) is 12.1 Å². The first kappa shape index (κ1) is 11.0. The Morgan fingerprint density at radius 1 is 1.19 bits per heavy atom. The molecule has 0 fully saturated rings. The zero-order chi connectivity index (χ0) is 11.4. The first-order chi connectivity index (χ1) is 7.79. The standard InChI is InChI=1S/C12H12N2OS/c1-9-5-3-4-6-10(9)16-12-13-8-7-11(14-12)15-2/h3-8H,1-2H3. The fraction of sp³-hybridized carbons (Fsp3) is 0.167. The van der Waals surface area contributed by atoms with Crippen LogP contribution in [0.2, 0.25) is 0 Å². The normalized spacial score (nSPS) is 10.1. The van der Waals surface area contributed by atoms with Crippen molar-refractivity contribution in [3.63, 3.8) is 0 Å². The lowest BCUT2D eigenvalue weighted by molar-refractivity contribution is 0.392. The Morgan fingerprint density at radius 2 is 2.00 bits per heavy atom. The Labute approximate surface area is 98.9 Å². The molecular formula is C12H12N2OS. The maximum Gasteiger partial charge on any atom is 0.217 e. The topological polar surface area (TPSA) is 35.0 Å². The molecule has 0 aliphatic carbocycles. The van der Waals surface area contributed by atoms with Gasteiger partial charge in [-0.15, -0.1) is 0 Å². The number of rotatable bonds is 3. The van der Waals surface area contributed by atoms with Crippen molar-refractivity contribution in [1.82, 2.24) is 9.97 Å². The minimum absolute atomic E-state index is 0.589. The quantitative estimate of drug-likeness (QED) is 0.762. The average molecular weight is 232 g/mol. The summed E-state index contributed by atoms with van der Waals surface area (Å²) in [5, 5.41) is 0.702. The highest BCUT2D eigenvalue weighted by Crippen LogP contribution is 2.27. The number of methoxy groups -OCH3 is 1. The number of hydrogen-bond acceptors (Lipinski definition) is 4. The Kier molecular flexibility index (Phi) is 3.41. The highest BCUT2D eigenvalue weighted by atomic mass is 32.2. The summed E-state index contributed by atoms with van der Waals surface area (Å²) in [7, 11) is 1.60. The fourth-order valence-electron chi connectivity index (χ4n) is 1.26. The predicted molar refractivity (Wildman–Crippen MR) is 63.9 cm³/mol. The van der Waals surface area contributed by atoms with Gasteiger partial charge in [0, 0.05) is 17.2 Å². The number of aromatic nitrogens is 2. The Bertz CT molecular complexity index is 488. The summed E-state index contributed by atoms with van der Waals surface area (Å²) >= 11 is 1.54. The number of ether oxygens (including phenoxy) is 1. The molecule has 0 atom stereocenters. The molecule has 1 heterocycles. The smallest absolute Gasteiger partial charge is 0.217 e. The van der Waals surface area contributed by atoms with Crippen molar-refractivity contribution in [2.75, 3.05) is 7.11 Å². The van der Waals surface area contributed by atoms with Crippen LogP contribution >= 0.6 is 11.8 Å². The number of benzene rings is 1. The summed E-state index contributed by atoms with van der Waals surface area (Å²) in [6.07, 6.45) is 1.70. The second-order valence-corrected chi connectivity index (χ2v) is 4.26. The molecule has 0 unspecified atom stereocenters. The Morgan fingerprint density at radius 3 is 2.75 bits per heavy atom. The number of aryl methyl sites for hydroxylation is 1. The van der Waals surface area contributed by atoms with Crippen molar-refractivity contribution in [2.45, 2.75) is 17.0 Å². The van der Waals surface area contributed by atoms with E-state index in [4.69, 9.17) is 4.74 Å². The summed E-state index contributed by atoms with van der Waals surface area (Å²) in [6, 6.07) is 9.90. The van der Waals surface area contributed by atoms with Gasteiger partial charge in [0.2, 0.25) is 5.88 Å². The van der Waals surface area contributed by atoms with Crippen LogP contribution in [0.5, 0.6) is 5.88 Å². The molecule has 1 aromatic carbocycles. The number of nitrogens with zero attached hydrogens (tertiary/aromatic N) is 2. The maximum absolute atomic E-state index is 5.06. The number of hydrogen-bond donors (Lipinski definition) is 0. The molecule has 2 aromatic rings. The van der Waals surface area contributed by atoms with Crippen LogP contribution in [0.3, 0.4) is 0 Å². The summed E-state index contributed by atoms with van der Waals surface area (Å²) in [6.45, 7) is 2.07. The van der Waals surface area contributed by atoms with Crippen LogP contribution in [0.4, 0.5) is 0 Å². The van der Waals surface area contributed by atoms with Crippen LogP contribution < -0.4 is 4.74 Å². The van der Waals surface area contributed by atoms with E-state index in [0.29, 0.717) is 11.0 Å². The molecule has 0 amide bonds. The van der Waals surface area contributed by atoms with Crippen LogP contribution in [0.25, 0.3) is 0 Å². The lowest BCUT2D eigenvalue weighted by Gasteiger charge is -2.04. The molecule has 0 bridgehead atoms. The van der Waals surface area contributed by atoms with E-state index < -0.39 is 0 Å². The van der Waals surface area contributed by atoms with Crippen LogP contribution in [0, 0.1) is 6.92 Å². The zero-order valence-corrected chi connectivity index (χ0v) is 9.99. The molecule has 3 nitrogen and oxygen atoms in total. The van der Waals surface area contributed by atoms with E-state index >= 15 is 0 Å². The van der Waals surface area contributed by atoms with E-state index in [-0.39, 0.29) is 0 Å². The maximum atomic E-state index is 5.06. The van der Waals surface area contributed by atoms with E-state index in [9.17, 15) is 0 Å². The molecule has 16 heavy (non-hydrogen) atoms. The van der Waals surface area contributed by atoms with Crippen molar-refractivity contribution in [3.8, 4) is 5.88 Å². The van der Waals surface area contributed by atoms with Gasteiger partial charge in [-0.3, -0.25) is 0 Å². The Hall–Kier alpha value is -1.55.